The summed E-state index contributed by atoms with van der Waals surface area (Å²) in [6, 6.07) is 3.36. The zero-order valence-corrected chi connectivity index (χ0v) is 20.7. The zero-order chi connectivity index (χ0) is 24.6. The molecule has 2 aliphatic heterocycles. The van der Waals surface area contributed by atoms with Crippen molar-refractivity contribution in [3.05, 3.63) is 22.6 Å². The molecular weight excluding hydrogens is 436 g/mol. The number of aromatic nitrogens is 3. The summed E-state index contributed by atoms with van der Waals surface area (Å²) in [6.45, 7) is 8.94. The summed E-state index contributed by atoms with van der Waals surface area (Å²) in [7, 11) is 1.73. The number of fused-ring (bicyclic) bond motifs is 1. The van der Waals surface area contributed by atoms with Gasteiger partial charge in [0.25, 0.3) is 5.56 Å². The number of hydrogen-bond donors (Lipinski definition) is 0. The van der Waals surface area contributed by atoms with E-state index in [9.17, 15) is 14.9 Å². The largest absolute Gasteiger partial charge is 0.444 e. The number of amides is 1. The van der Waals surface area contributed by atoms with Crippen molar-refractivity contribution in [1.29, 1.82) is 5.26 Å². The summed E-state index contributed by atoms with van der Waals surface area (Å²) >= 11 is 0. The number of carbonyl (C=O) groups excluding carboxylic acids is 1. The molecule has 10 nitrogen and oxygen atoms in total. The molecule has 2 fully saturated rings. The first-order chi connectivity index (χ1) is 16.1. The van der Waals surface area contributed by atoms with E-state index in [1.807, 2.05) is 38.6 Å². The van der Waals surface area contributed by atoms with E-state index in [0.29, 0.717) is 30.9 Å². The van der Waals surface area contributed by atoms with Crippen LogP contribution in [0.2, 0.25) is 0 Å². The van der Waals surface area contributed by atoms with Gasteiger partial charge in [-0.1, -0.05) is 0 Å². The predicted octanol–water partition coefficient (Wildman–Crippen LogP) is 3.16. The van der Waals surface area contributed by atoms with E-state index in [2.05, 4.69) is 11.0 Å². The van der Waals surface area contributed by atoms with Gasteiger partial charge in [0, 0.05) is 38.9 Å². The Bertz CT molecular complexity index is 1150. The van der Waals surface area contributed by atoms with Crippen molar-refractivity contribution in [2.45, 2.75) is 77.3 Å². The predicted molar refractivity (Wildman–Crippen MR) is 128 cm³/mol. The lowest BCUT2D eigenvalue weighted by Crippen LogP contribution is -2.60. The Morgan fingerprint density at radius 3 is 2.74 bits per heavy atom. The molecule has 0 spiro atoms. The molecule has 2 aromatic heterocycles. The molecule has 1 unspecified atom stereocenters. The van der Waals surface area contributed by atoms with Crippen LogP contribution in [0.4, 0.5) is 10.5 Å². The average molecular weight is 471 g/mol. The van der Waals surface area contributed by atoms with Crippen molar-refractivity contribution in [2.75, 3.05) is 24.6 Å². The number of hydrogen-bond acceptors (Lipinski definition) is 7. The Kier molecular flexibility index (Phi) is 6.58. The van der Waals surface area contributed by atoms with Crippen LogP contribution in [0.25, 0.3) is 11.0 Å². The van der Waals surface area contributed by atoms with Gasteiger partial charge in [0.2, 0.25) is 0 Å². The van der Waals surface area contributed by atoms with Gasteiger partial charge in [-0.3, -0.25) is 4.79 Å². The molecule has 10 heteroatoms. The Morgan fingerprint density at radius 2 is 2.09 bits per heavy atom. The van der Waals surface area contributed by atoms with Gasteiger partial charge in [-0.2, -0.15) is 10.4 Å². The molecule has 0 N–H and O–H groups in total. The van der Waals surface area contributed by atoms with Crippen LogP contribution in [0.1, 0.15) is 59.6 Å². The van der Waals surface area contributed by atoms with E-state index in [0.717, 1.165) is 24.8 Å². The van der Waals surface area contributed by atoms with Gasteiger partial charge in [0.1, 0.15) is 17.3 Å². The van der Waals surface area contributed by atoms with Gasteiger partial charge in [0.15, 0.2) is 0 Å². The quantitative estimate of drug-likeness (QED) is 0.678. The smallest absolute Gasteiger partial charge is 0.410 e. The van der Waals surface area contributed by atoms with Crippen molar-refractivity contribution in [3.8, 4) is 6.07 Å². The fraction of sp³-hybridized carbons (Fsp3) is 0.667. The Hall–Kier alpha value is -3.06. The summed E-state index contributed by atoms with van der Waals surface area (Å²) in [4.78, 5) is 29.4. The summed E-state index contributed by atoms with van der Waals surface area (Å²) < 4.78 is 14.9. The Labute approximate surface area is 199 Å². The highest BCUT2D eigenvalue weighted by atomic mass is 16.6. The first-order valence-corrected chi connectivity index (χ1v) is 11.9. The zero-order valence-electron chi connectivity index (χ0n) is 20.7. The van der Waals surface area contributed by atoms with E-state index in [4.69, 9.17) is 14.6 Å². The Morgan fingerprint density at radius 1 is 1.32 bits per heavy atom. The van der Waals surface area contributed by atoms with Crippen LogP contribution >= 0.6 is 0 Å². The summed E-state index contributed by atoms with van der Waals surface area (Å²) in [5, 5.41) is 14.4. The highest BCUT2D eigenvalue weighted by molar-refractivity contribution is 5.88. The lowest BCUT2D eigenvalue weighted by molar-refractivity contribution is -0.0391. The molecular formula is C24H34N6O4. The summed E-state index contributed by atoms with van der Waals surface area (Å²) in [6.07, 6.45) is 4.51. The van der Waals surface area contributed by atoms with Gasteiger partial charge in [-0.15, -0.1) is 0 Å². The van der Waals surface area contributed by atoms with Crippen LogP contribution < -0.4 is 10.5 Å². The minimum Gasteiger partial charge on any atom is -0.444 e. The van der Waals surface area contributed by atoms with E-state index in [-0.39, 0.29) is 30.3 Å². The molecule has 0 radical (unpaired) electrons. The topological polar surface area (TPSA) is 106 Å². The number of carbonyl (C=O) groups is 1. The molecule has 3 atom stereocenters. The standard InChI is InChI=1S/C24H34N6O4/c1-16-13-29(17(9-10-25)14-28(16)23(32)34-24(2,3)4)18-12-20(31)27(5)19-15-30(26-22(18)19)21-8-6-7-11-33-21/h12,15-17,21H,6-9,11,13-14H2,1-5H3/t16-,17+,21?/m1/s1. The molecule has 0 aliphatic carbocycles. The van der Waals surface area contributed by atoms with Crippen molar-refractivity contribution in [1.82, 2.24) is 19.2 Å². The number of pyridine rings is 1. The third kappa shape index (κ3) is 4.75. The third-order valence-electron chi connectivity index (χ3n) is 6.46. The van der Waals surface area contributed by atoms with Crippen molar-refractivity contribution >= 4 is 22.8 Å². The van der Waals surface area contributed by atoms with Crippen LogP contribution in [0.5, 0.6) is 0 Å². The second-order valence-corrected chi connectivity index (χ2v) is 10.2. The van der Waals surface area contributed by atoms with E-state index < -0.39 is 11.7 Å². The van der Waals surface area contributed by atoms with Crippen LogP contribution in [0, 0.1) is 11.3 Å². The maximum absolute atomic E-state index is 12.9. The molecule has 34 heavy (non-hydrogen) atoms. The minimum absolute atomic E-state index is 0.149. The fourth-order valence-electron chi connectivity index (χ4n) is 4.70. The van der Waals surface area contributed by atoms with Crippen LogP contribution in [-0.4, -0.2) is 62.7 Å². The molecule has 2 saturated heterocycles. The number of aryl methyl sites for hydroxylation is 1. The number of ether oxygens (including phenoxy) is 2. The molecule has 184 valence electrons. The SMILES string of the molecule is C[C@@H]1CN(c2cc(=O)n(C)c3cn(C4CCCCO4)nc23)[C@@H](CC#N)CN1C(=O)OC(C)(C)C. The molecule has 4 heterocycles. The van der Waals surface area contributed by atoms with Crippen LogP contribution in [0.15, 0.2) is 17.1 Å². The van der Waals surface area contributed by atoms with Crippen molar-refractivity contribution in [2.24, 2.45) is 7.05 Å². The fourth-order valence-corrected chi connectivity index (χ4v) is 4.70. The molecule has 1 amide bonds. The first-order valence-electron chi connectivity index (χ1n) is 11.9. The van der Waals surface area contributed by atoms with Crippen molar-refractivity contribution < 1.29 is 14.3 Å². The van der Waals surface area contributed by atoms with Gasteiger partial charge >= 0.3 is 6.09 Å². The lowest BCUT2D eigenvalue weighted by Gasteiger charge is -2.45. The Balaban J connectivity index is 1.71. The van der Waals surface area contributed by atoms with Gasteiger partial charge in [-0.05, 0) is 47.0 Å². The van der Waals surface area contributed by atoms with Gasteiger partial charge < -0.3 is 23.8 Å². The van der Waals surface area contributed by atoms with Gasteiger partial charge in [-0.25, -0.2) is 9.48 Å². The number of rotatable bonds is 3. The first kappa shape index (κ1) is 24.1. The van der Waals surface area contributed by atoms with Crippen LogP contribution in [0.3, 0.4) is 0 Å². The molecule has 2 aliphatic rings. The monoisotopic (exact) mass is 470 g/mol. The highest BCUT2D eigenvalue weighted by Crippen LogP contribution is 2.32. The van der Waals surface area contributed by atoms with E-state index in [1.165, 1.54) is 0 Å². The number of anilines is 1. The second kappa shape index (κ2) is 9.29. The normalized spacial score (nSPS) is 23.7. The van der Waals surface area contributed by atoms with Crippen LogP contribution in [-0.2, 0) is 16.5 Å². The maximum atomic E-state index is 12.9. The summed E-state index contributed by atoms with van der Waals surface area (Å²) in [5.41, 5.74) is 1.34. The van der Waals surface area contributed by atoms with E-state index >= 15 is 0 Å². The third-order valence-corrected chi connectivity index (χ3v) is 6.46. The second-order valence-electron chi connectivity index (χ2n) is 10.2. The average Bonchev–Trinajstić information content (AvgIpc) is 3.23. The lowest BCUT2D eigenvalue weighted by atomic mass is 10.0. The molecule has 0 saturated carbocycles. The number of nitrogens with zero attached hydrogens (tertiary/aromatic N) is 6. The van der Waals surface area contributed by atoms with Gasteiger partial charge in [0.05, 0.1) is 35.9 Å². The minimum atomic E-state index is -0.607. The van der Waals surface area contributed by atoms with Crippen molar-refractivity contribution in [3.63, 3.8) is 0 Å². The number of piperazine rings is 1. The van der Waals surface area contributed by atoms with E-state index in [1.54, 1.807) is 22.6 Å². The molecule has 0 aromatic carbocycles. The number of nitriles is 1. The molecule has 4 rings (SSSR count). The maximum Gasteiger partial charge on any atom is 0.410 e. The molecule has 2 aromatic rings. The molecule has 0 bridgehead atoms. The summed E-state index contributed by atoms with van der Waals surface area (Å²) in [5.74, 6) is 0. The highest BCUT2D eigenvalue weighted by Gasteiger charge is 2.37.